The lowest BCUT2D eigenvalue weighted by Crippen LogP contribution is -2.00. The van der Waals surface area contributed by atoms with E-state index < -0.39 is 6.09 Å². The maximum absolute atomic E-state index is 11.1. The first-order valence-electron chi connectivity index (χ1n) is 10.9. The largest absolute Gasteiger partial charge is 0.452 e. The van der Waals surface area contributed by atoms with Crippen LogP contribution in [0.5, 0.6) is 0 Å². The first-order chi connectivity index (χ1) is 12.3. The summed E-state index contributed by atoms with van der Waals surface area (Å²) in [6.45, 7) is 5.11. The van der Waals surface area contributed by atoms with Crippen molar-refractivity contribution in [2.45, 2.75) is 117 Å². The van der Waals surface area contributed by atoms with Crippen LogP contribution in [0.25, 0.3) is 0 Å². The molecule has 0 aliphatic heterocycles. The lowest BCUT2D eigenvalue weighted by atomic mass is 10.0. The summed E-state index contributed by atoms with van der Waals surface area (Å²) in [5, 5.41) is 7.03. The first-order valence-corrected chi connectivity index (χ1v) is 10.9. The van der Waals surface area contributed by atoms with Crippen LogP contribution in [0, 0.1) is 0 Å². The van der Waals surface area contributed by atoms with Crippen molar-refractivity contribution in [2.24, 2.45) is 10.2 Å². The zero-order valence-electron chi connectivity index (χ0n) is 16.9. The maximum atomic E-state index is 11.1. The lowest BCUT2D eigenvalue weighted by Gasteiger charge is -2.04. The Morgan fingerprint density at radius 3 is 1.44 bits per heavy atom. The van der Waals surface area contributed by atoms with Crippen LogP contribution in [-0.2, 0) is 4.74 Å². The van der Waals surface area contributed by atoms with Gasteiger partial charge in [0.05, 0.1) is 13.2 Å². The van der Waals surface area contributed by atoms with E-state index in [1.807, 2.05) is 6.92 Å². The van der Waals surface area contributed by atoms with Gasteiger partial charge in [0, 0.05) is 0 Å². The smallest absolute Gasteiger partial charge is 0.447 e. The van der Waals surface area contributed by atoms with Crippen LogP contribution < -0.4 is 0 Å². The molecule has 0 aliphatic rings. The molecule has 0 aliphatic carbocycles. The number of carbonyl (C=O) groups excluding carboxylic acids is 1. The Kier molecular flexibility index (Phi) is 20.3. The van der Waals surface area contributed by atoms with Crippen molar-refractivity contribution in [1.82, 2.24) is 0 Å². The Bertz CT molecular complexity index is 306. The molecule has 0 N–H and O–H groups in total. The number of amides is 1. The summed E-state index contributed by atoms with van der Waals surface area (Å²) in [7, 11) is 0. The van der Waals surface area contributed by atoms with Gasteiger partial charge < -0.3 is 4.74 Å². The van der Waals surface area contributed by atoms with Crippen molar-refractivity contribution in [2.75, 3.05) is 13.2 Å². The van der Waals surface area contributed by atoms with E-state index in [-0.39, 0.29) is 0 Å². The van der Waals surface area contributed by atoms with E-state index in [4.69, 9.17) is 4.74 Å². The second-order valence-corrected chi connectivity index (χ2v) is 6.98. The van der Waals surface area contributed by atoms with Crippen LogP contribution in [0.1, 0.15) is 117 Å². The molecule has 0 atom stereocenters. The highest BCUT2D eigenvalue weighted by Crippen LogP contribution is 2.13. The van der Waals surface area contributed by atoms with Gasteiger partial charge in [0.15, 0.2) is 0 Å². The van der Waals surface area contributed by atoms with Gasteiger partial charge in [0.25, 0.3) is 0 Å². The van der Waals surface area contributed by atoms with E-state index in [9.17, 15) is 4.79 Å². The topological polar surface area (TPSA) is 51.0 Å². The lowest BCUT2D eigenvalue weighted by molar-refractivity contribution is 0.152. The van der Waals surface area contributed by atoms with Crippen molar-refractivity contribution in [3.8, 4) is 0 Å². The van der Waals surface area contributed by atoms with E-state index in [1.165, 1.54) is 89.9 Å². The van der Waals surface area contributed by atoms with Crippen LogP contribution >= 0.6 is 0 Å². The van der Waals surface area contributed by atoms with Crippen LogP contribution in [0.4, 0.5) is 4.79 Å². The molecule has 148 valence electrons. The molecule has 0 heterocycles. The highest BCUT2D eigenvalue weighted by atomic mass is 16.5. The normalized spacial score (nSPS) is 11.3. The minimum absolute atomic E-state index is 0.472. The average molecular weight is 355 g/mol. The monoisotopic (exact) mass is 354 g/mol. The zero-order chi connectivity index (χ0) is 18.4. The summed E-state index contributed by atoms with van der Waals surface area (Å²) in [4.78, 5) is 11.1. The molecule has 4 heteroatoms. The summed E-state index contributed by atoms with van der Waals surface area (Å²) in [6.07, 6.45) is 21.0. The number of unbranched alkanes of at least 4 members (excludes halogenated alkanes) is 15. The van der Waals surface area contributed by atoms with Gasteiger partial charge in [0.1, 0.15) is 0 Å². The fourth-order valence-electron chi connectivity index (χ4n) is 2.97. The Labute approximate surface area is 156 Å². The summed E-state index contributed by atoms with van der Waals surface area (Å²) in [5.41, 5.74) is 0. The third kappa shape index (κ3) is 21.0. The molecule has 0 aromatic rings. The number of carbonyl (C=O) groups is 1. The fourth-order valence-corrected chi connectivity index (χ4v) is 2.97. The Hall–Kier alpha value is -0.930. The molecule has 0 aromatic carbocycles. The molecule has 4 nitrogen and oxygen atoms in total. The fraction of sp³-hybridized carbons (Fsp3) is 0.952. The predicted molar refractivity (Wildman–Crippen MR) is 106 cm³/mol. The zero-order valence-corrected chi connectivity index (χ0v) is 16.9. The van der Waals surface area contributed by atoms with Gasteiger partial charge in [-0.1, -0.05) is 108 Å². The summed E-state index contributed by atoms with van der Waals surface area (Å²) >= 11 is 0. The van der Waals surface area contributed by atoms with Crippen molar-refractivity contribution < 1.29 is 9.53 Å². The summed E-state index contributed by atoms with van der Waals surface area (Å²) in [5.74, 6) is 0. The predicted octanol–water partition coefficient (Wildman–Crippen LogP) is 7.86. The Morgan fingerprint density at radius 2 is 1.04 bits per heavy atom. The molecule has 0 saturated carbocycles. The number of rotatable bonds is 18. The first kappa shape index (κ1) is 24.1. The van der Waals surface area contributed by atoms with Gasteiger partial charge in [-0.25, -0.2) is 4.79 Å². The van der Waals surface area contributed by atoms with Gasteiger partial charge in [-0.2, -0.15) is 5.11 Å². The number of ether oxygens (including phenoxy) is 1. The Morgan fingerprint density at radius 1 is 0.640 bits per heavy atom. The molecule has 0 aromatic heterocycles. The van der Waals surface area contributed by atoms with Crippen LogP contribution in [0.2, 0.25) is 0 Å². The molecule has 1 amide bonds. The van der Waals surface area contributed by atoms with E-state index in [0.717, 1.165) is 12.8 Å². The van der Waals surface area contributed by atoms with Crippen LogP contribution in [0.3, 0.4) is 0 Å². The third-order valence-electron chi connectivity index (χ3n) is 4.52. The van der Waals surface area contributed by atoms with E-state index in [1.54, 1.807) is 0 Å². The summed E-state index contributed by atoms with van der Waals surface area (Å²) in [6, 6.07) is 0. The number of hydrogen-bond donors (Lipinski definition) is 0. The second-order valence-electron chi connectivity index (χ2n) is 6.98. The molecule has 0 rings (SSSR count). The van der Waals surface area contributed by atoms with E-state index >= 15 is 0 Å². The van der Waals surface area contributed by atoms with Crippen LogP contribution in [0.15, 0.2) is 10.2 Å². The summed E-state index contributed by atoms with van der Waals surface area (Å²) < 4.78 is 4.96. The number of nitrogens with zero attached hydrogens (tertiary/aromatic N) is 2. The quantitative estimate of drug-likeness (QED) is 0.186. The molecule has 0 bridgehead atoms. The molecule has 0 unspecified atom stereocenters. The number of hydrogen-bond acceptors (Lipinski definition) is 3. The Balaban J connectivity index is 3.07. The molecule has 25 heavy (non-hydrogen) atoms. The minimum atomic E-state index is -0.553. The SMILES string of the molecule is CCCCCCCCCCCCCCCCCCOC(=O)N=NCC. The van der Waals surface area contributed by atoms with Crippen molar-refractivity contribution in [1.29, 1.82) is 0 Å². The van der Waals surface area contributed by atoms with Gasteiger partial charge in [0.2, 0.25) is 0 Å². The third-order valence-corrected chi connectivity index (χ3v) is 4.52. The van der Waals surface area contributed by atoms with Gasteiger partial charge in [-0.05, 0) is 13.3 Å². The van der Waals surface area contributed by atoms with Gasteiger partial charge >= 0.3 is 6.09 Å². The second kappa shape index (κ2) is 21.1. The van der Waals surface area contributed by atoms with E-state index in [2.05, 4.69) is 17.2 Å². The average Bonchev–Trinajstić information content (AvgIpc) is 2.62. The van der Waals surface area contributed by atoms with Crippen molar-refractivity contribution in [3.05, 3.63) is 0 Å². The highest BCUT2D eigenvalue weighted by Gasteiger charge is 1.99. The van der Waals surface area contributed by atoms with Crippen molar-refractivity contribution in [3.63, 3.8) is 0 Å². The van der Waals surface area contributed by atoms with Gasteiger partial charge in [-0.3, -0.25) is 0 Å². The standard InChI is InChI=1S/C21H42N2O2/c1-3-5-6-7-8-9-10-11-12-13-14-15-16-17-18-19-20-25-21(24)23-22-4-2/h3-20H2,1-2H3. The molecular formula is C21H42N2O2. The van der Waals surface area contributed by atoms with Gasteiger partial charge in [-0.15, -0.1) is 0 Å². The molecule has 0 saturated heterocycles. The van der Waals surface area contributed by atoms with E-state index in [0.29, 0.717) is 13.2 Å². The number of azo groups is 1. The van der Waals surface area contributed by atoms with Crippen LogP contribution in [-0.4, -0.2) is 19.2 Å². The minimum Gasteiger partial charge on any atom is -0.447 e. The maximum Gasteiger partial charge on any atom is 0.452 e. The molecule has 0 spiro atoms. The molecular weight excluding hydrogens is 312 g/mol. The molecule has 0 fully saturated rings. The molecule has 0 radical (unpaired) electrons. The highest BCUT2D eigenvalue weighted by molar-refractivity contribution is 5.67. The van der Waals surface area contributed by atoms with Crippen molar-refractivity contribution >= 4 is 6.09 Å².